The summed E-state index contributed by atoms with van der Waals surface area (Å²) >= 11 is 1.73. The van der Waals surface area contributed by atoms with Gasteiger partial charge in [-0.1, -0.05) is 19.1 Å². The zero-order valence-electron chi connectivity index (χ0n) is 11.0. The summed E-state index contributed by atoms with van der Waals surface area (Å²) in [6.07, 6.45) is 1.90. The standard InChI is InChI=1S/C14H20N2OS/c1-3-9-16-12(11-15)8-10-18-14-7-5-4-6-13(14)17-2/h4-7,12,16H,3,8-10H2,1-2H3. The molecule has 0 aliphatic heterocycles. The molecule has 0 heterocycles. The van der Waals surface area contributed by atoms with Gasteiger partial charge in [0.05, 0.1) is 19.2 Å². The number of methoxy groups -OCH3 is 1. The molecule has 0 aliphatic carbocycles. The summed E-state index contributed by atoms with van der Waals surface area (Å²) in [5, 5.41) is 12.2. The lowest BCUT2D eigenvalue weighted by atomic mass is 10.2. The number of ether oxygens (including phenoxy) is 1. The second-order valence-electron chi connectivity index (χ2n) is 3.92. The normalized spacial score (nSPS) is 11.8. The molecule has 3 nitrogen and oxygen atoms in total. The predicted octanol–water partition coefficient (Wildman–Crippen LogP) is 3.07. The van der Waals surface area contributed by atoms with Gasteiger partial charge in [-0.25, -0.2) is 0 Å². The molecule has 1 aromatic rings. The average Bonchev–Trinajstić information content (AvgIpc) is 2.43. The molecule has 0 amide bonds. The van der Waals surface area contributed by atoms with Gasteiger partial charge >= 0.3 is 0 Å². The molecule has 0 fully saturated rings. The fourth-order valence-electron chi connectivity index (χ4n) is 1.56. The van der Waals surface area contributed by atoms with Crippen molar-refractivity contribution < 1.29 is 4.74 Å². The summed E-state index contributed by atoms with van der Waals surface area (Å²) in [6.45, 7) is 3.00. The van der Waals surface area contributed by atoms with E-state index in [4.69, 9.17) is 10.00 Å². The van der Waals surface area contributed by atoms with Gasteiger partial charge in [0.25, 0.3) is 0 Å². The Labute approximate surface area is 114 Å². The Bertz CT molecular complexity index is 390. The van der Waals surface area contributed by atoms with Crippen LogP contribution >= 0.6 is 11.8 Å². The highest BCUT2D eigenvalue weighted by molar-refractivity contribution is 7.99. The highest BCUT2D eigenvalue weighted by Crippen LogP contribution is 2.29. The molecular formula is C14H20N2OS. The van der Waals surface area contributed by atoms with E-state index in [1.165, 1.54) is 0 Å². The molecule has 0 aromatic heterocycles. The Morgan fingerprint density at radius 1 is 1.44 bits per heavy atom. The van der Waals surface area contributed by atoms with Crippen molar-refractivity contribution in [1.82, 2.24) is 5.32 Å². The highest BCUT2D eigenvalue weighted by Gasteiger charge is 2.07. The van der Waals surface area contributed by atoms with Crippen molar-refractivity contribution in [2.24, 2.45) is 0 Å². The van der Waals surface area contributed by atoms with Crippen molar-refractivity contribution in [3.63, 3.8) is 0 Å². The number of nitrogens with zero attached hydrogens (tertiary/aromatic N) is 1. The van der Waals surface area contributed by atoms with Gasteiger partial charge in [0.15, 0.2) is 0 Å². The van der Waals surface area contributed by atoms with Crippen LogP contribution in [0.1, 0.15) is 19.8 Å². The van der Waals surface area contributed by atoms with Crippen LogP contribution in [-0.4, -0.2) is 25.4 Å². The summed E-state index contributed by atoms with van der Waals surface area (Å²) in [7, 11) is 1.68. The smallest absolute Gasteiger partial charge is 0.132 e. The molecule has 0 radical (unpaired) electrons. The van der Waals surface area contributed by atoms with Gasteiger partial charge in [-0.2, -0.15) is 5.26 Å². The van der Waals surface area contributed by atoms with E-state index in [-0.39, 0.29) is 6.04 Å². The maximum Gasteiger partial charge on any atom is 0.132 e. The topological polar surface area (TPSA) is 45.0 Å². The summed E-state index contributed by atoms with van der Waals surface area (Å²) in [6, 6.07) is 10.2. The van der Waals surface area contributed by atoms with Gasteiger partial charge in [-0.15, -0.1) is 11.8 Å². The number of benzene rings is 1. The molecule has 0 aliphatic rings. The fourth-order valence-corrected chi connectivity index (χ4v) is 2.60. The summed E-state index contributed by atoms with van der Waals surface area (Å²) in [5.74, 6) is 1.81. The molecule has 1 atom stereocenters. The first kappa shape index (κ1) is 14.9. The number of para-hydroxylation sites is 1. The van der Waals surface area contributed by atoms with Crippen LogP contribution in [0.25, 0.3) is 0 Å². The van der Waals surface area contributed by atoms with Crippen molar-refractivity contribution >= 4 is 11.8 Å². The molecule has 1 aromatic carbocycles. The Kier molecular flexibility index (Phi) is 7.31. The fraction of sp³-hybridized carbons (Fsp3) is 0.500. The lowest BCUT2D eigenvalue weighted by Gasteiger charge is -2.11. The molecule has 0 spiro atoms. The van der Waals surface area contributed by atoms with Crippen molar-refractivity contribution in [2.45, 2.75) is 30.7 Å². The van der Waals surface area contributed by atoms with Crippen LogP contribution in [0.3, 0.4) is 0 Å². The molecular weight excluding hydrogens is 244 g/mol. The van der Waals surface area contributed by atoms with E-state index in [1.54, 1.807) is 18.9 Å². The summed E-state index contributed by atoms with van der Waals surface area (Å²) < 4.78 is 5.29. The minimum atomic E-state index is -0.0489. The predicted molar refractivity (Wildman–Crippen MR) is 76.0 cm³/mol. The number of nitrogens with one attached hydrogen (secondary N) is 1. The van der Waals surface area contributed by atoms with Gasteiger partial charge in [-0.05, 0) is 31.5 Å². The van der Waals surface area contributed by atoms with E-state index in [9.17, 15) is 0 Å². The Morgan fingerprint density at radius 3 is 2.89 bits per heavy atom. The van der Waals surface area contributed by atoms with Gasteiger partial charge in [0.2, 0.25) is 0 Å². The quantitative estimate of drug-likeness (QED) is 0.733. The number of nitriles is 1. The lowest BCUT2D eigenvalue weighted by molar-refractivity contribution is 0.405. The van der Waals surface area contributed by atoms with Crippen LogP contribution < -0.4 is 10.1 Å². The first-order valence-electron chi connectivity index (χ1n) is 6.20. The van der Waals surface area contributed by atoms with Crippen LogP contribution in [0.15, 0.2) is 29.2 Å². The molecule has 1 unspecified atom stereocenters. The number of rotatable bonds is 8. The molecule has 18 heavy (non-hydrogen) atoms. The van der Waals surface area contributed by atoms with E-state index < -0.39 is 0 Å². The molecule has 0 saturated heterocycles. The first-order chi connectivity index (χ1) is 8.81. The Hall–Kier alpha value is -1.18. The summed E-state index contributed by atoms with van der Waals surface area (Å²) in [5.41, 5.74) is 0. The van der Waals surface area contributed by atoms with Crippen LogP contribution in [0, 0.1) is 11.3 Å². The average molecular weight is 264 g/mol. The first-order valence-corrected chi connectivity index (χ1v) is 7.19. The molecule has 4 heteroatoms. The third kappa shape index (κ3) is 4.99. The van der Waals surface area contributed by atoms with E-state index in [1.807, 2.05) is 24.3 Å². The molecule has 1 rings (SSSR count). The maximum absolute atomic E-state index is 9.00. The highest BCUT2D eigenvalue weighted by atomic mass is 32.2. The van der Waals surface area contributed by atoms with Crippen molar-refractivity contribution in [2.75, 3.05) is 19.4 Å². The largest absolute Gasteiger partial charge is 0.496 e. The van der Waals surface area contributed by atoms with E-state index in [0.29, 0.717) is 0 Å². The van der Waals surface area contributed by atoms with E-state index >= 15 is 0 Å². The SMILES string of the molecule is CCCNC(C#N)CCSc1ccccc1OC. The van der Waals surface area contributed by atoms with Gasteiger partial charge in [0, 0.05) is 10.6 Å². The number of hydrogen-bond donors (Lipinski definition) is 1. The zero-order chi connectivity index (χ0) is 13.2. The summed E-state index contributed by atoms with van der Waals surface area (Å²) in [4.78, 5) is 1.13. The molecule has 0 bridgehead atoms. The van der Waals surface area contributed by atoms with Gasteiger partial charge in [-0.3, -0.25) is 0 Å². The van der Waals surface area contributed by atoms with E-state index in [2.05, 4.69) is 18.3 Å². The maximum atomic E-state index is 9.00. The number of hydrogen-bond acceptors (Lipinski definition) is 4. The second-order valence-corrected chi connectivity index (χ2v) is 5.06. The Balaban J connectivity index is 2.38. The Morgan fingerprint density at radius 2 is 2.22 bits per heavy atom. The van der Waals surface area contributed by atoms with Gasteiger partial charge < -0.3 is 10.1 Å². The van der Waals surface area contributed by atoms with Gasteiger partial charge in [0.1, 0.15) is 5.75 Å². The minimum Gasteiger partial charge on any atom is -0.496 e. The van der Waals surface area contributed by atoms with Crippen LogP contribution in [0.2, 0.25) is 0 Å². The van der Waals surface area contributed by atoms with Crippen LogP contribution in [-0.2, 0) is 0 Å². The zero-order valence-corrected chi connectivity index (χ0v) is 11.8. The van der Waals surface area contributed by atoms with Crippen LogP contribution in [0.4, 0.5) is 0 Å². The molecule has 1 N–H and O–H groups in total. The van der Waals surface area contributed by atoms with Crippen molar-refractivity contribution in [3.8, 4) is 11.8 Å². The van der Waals surface area contributed by atoms with Crippen molar-refractivity contribution in [1.29, 1.82) is 5.26 Å². The third-order valence-electron chi connectivity index (χ3n) is 2.53. The van der Waals surface area contributed by atoms with Crippen LogP contribution in [0.5, 0.6) is 5.75 Å². The molecule has 98 valence electrons. The molecule has 0 saturated carbocycles. The second kappa shape index (κ2) is 8.84. The third-order valence-corrected chi connectivity index (χ3v) is 3.62. The monoisotopic (exact) mass is 264 g/mol. The lowest BCUT2D eigenvalue weighted by Crippen LogP contribution is -2.28. The number of thioether (sulfide) groups is 1. The van der Waals surface area contributed by atoms with Crippen molar-refractivity contribution in [3.05, 3.63) is 24.3 Å². The minimum absolute atomic E-state index is 0.0489. The van der Waals surface area contributed by atoms with E-state index in [0.717, 1.165) is 35.8 Å².